The summed E-state index contributed by atoms with van der Waals surface area (Å²) in [5.74, 6) is 2.47. The second-order valence-electron chi connectivity index (χ2n) is 7.32. The highest BCUT2D eigenvalue weighted by molar-refractivity contribution is 5.88. The summed E-state index contributed by atoms with van der Waals surface area (Å²) in [6, 6.07) is 28.2. The number of fused-ring (bicyclic) bond motifs is 3. The number of nitrogens with zero attached hydrogens (tertiary/aromatic N) is 1. The van der Waals surface area contributed by atoms with Gasteiger partial charge in [-0.05, 0) is 36.4 Å². The van der Waals surface area contributed by atoms with Crippen LogP contribution in [0.25, 0.3) is 38.5 Å². The molecule has 0 atom stereocenters. The Hall–Kier alpha value is -4.05. The Morgan fingerprint density at radius 1 is 0.767 bits per heavy atom. The maximum atomic E-state index is 6.17. The third-order valence-corrected chi connectivity index (χ3v) is 5.32. The van der Waals surface area contributed by atoms with Crippen LogP contribution in [0.1, 0.15) is 17.3 Å². The number of hydrogen-bond donors (Lipinski definition) is 1. The van der Waals surface area contributed by atoms with Gasteiger partial charge in [-0.3, -0.25) is 0 Å². The van der Waals surface area contributed by atoms with Crippen LogP contribution in [0.3, 0.4) is 0 Å². The molecule has 0 fully saturated rings. The van der Waals surface area contributed by atoms with Gasteiger partial charge in [0, 0.05) is 17.2 Å². The van der Waals surface area contributed by atoms with E-state index in [1.807, 2.05) is 60.7 Å². The van der Waals surface area contributed by atoms with E-state index in [0.29, 0.717) is 6.42 Å². The average Bonchev–Trinajstić information content (AvgIpc) is 3.49. The minimum Gasteiger partial charge on any atom is -0.456 e. The van der Waals surface area contributed by atoms with Crippen molar-refractivity contribution in [2.75, 3.05) is 0 Å². The molecule has 0 aliphatic carbocycles. The molecule has 30 heavy (non-hydrogen) atoms. The zero-order valence-electron chi connectivity index (χ0n) is 16.1. The fourth-order valence-corrected chi connectivity index (χ4v) is 3.85. The van der Waals surface area contributed by atoms with Gasteiger partial charge in [-0.2, -0.15) is 0 Å². The molecule has 0 saturated heterocycles. The zero-order chi connectivity index (χ0) is 19.9. The van der Waals surface area contributed by atoms with E-state index in [4.69, 9.17) is 13.8 Å². The van der Waals surface area contributed by atoms with E-state index in [-0.39, 0.29) is 0 Å². The molecule has 3 aromatic carbocycles. The second-order valence-corrected chi connectivity index (χ2v) is 7.32. The fourth-order valence-electron chi connectivity index (χ4n) is 3.85. The number of rotatable bonds is 4. The highest BCUT2D eigenvalue weighted by Gasteiger charge is 2.16. The van der Waals surface area contributed by atoms with Crippen LogP contribution in [0.5, 0.6) is 0 Å². The van der Waals surface area contributed by atoms with Gasteiger partial charge < -0.3 is 13.8 Å². The van der Waals surface area contributed by atoms with Crippen LogP contribution in [0.15, 0.2) is 99.8 Å². The van der Waals surface area contributed by atoms with Crippen molar-refractivity contribution in [1.29, 1.82) is 0 Å². The average molecular weight is 390 g/mol. The first-order chi connectivity index (χ1) is 14.8. The van der Waals surface area contributed by atoms with Crippen LogP contribution in [-0.2, 0) is 6.42 Å². The Bertz CT molecular complexity index is 1360. The minimum absolute atomic E-state index is 0.637. The largest absolute Gasteiger partial charge is 0.456 e. The molecule has 0 bridgehead atoms. The number of imidazole rings is 1. The summed E-state index contributed by atoms with van der Waals surface area (Å²) >= 11 is 0. The summed E-state index contributed by atoms with van der Waals surface area (Å²) in [6.45, 7) is 0. The van der Waals surface area contributed by atoms with Crippen molar-refractivity contribution >= 4 is 38.5 Å². The van der Waals surface area contributed by atoms with E-state index in [1.165, 1.54) is 0 Å². The topological polar surface area (TPSA) is 55.0 Å². The summed E-state index contributed by atoms with van der Waals surface area (Å²) in [5, 5.41) is 2.14. The van der Waals surface area contributed by atoms with Crippen LogP contribution in [0, 0.1) is 0 Å². The van der Waals surface area contributed by atoms with Crippen LogP contribution in [0.4, 0.5) is 0 Å². The Morgan fingerprint density at radius 2 is 1.37 bits per heavy atom. The standard InChI is InChI=1S/C26H18N2O2/c1-5-11-22-17(7-1)15-24(29-22)19(25-16-18-8-2-6-12-23(18)30-25)13-14-26-27-20-9-3-4-10-21(20)28-26/h1-13,15-16H,14H2,(H,27,28). The second kappa shape index (κ2) is 6.78. The molecule has 3 heterocycles. The lowest BCUT2D eigenvalue weighted by Crippen LogP contribution is -1.89. The Labute approximate surface area is 172 Å². The summed E-state index contributed by atoms with van der Waals surface area (Å²) < 4.78 is 12.3. The molecule has 0 unspecified atom stereocenters. The highest BCUT2D eigenvalue weighted by Crippen LogP contribution is 2.33. The quantitative estimate of drug-likeness (QED) is 0.363. The van der Waals surface area contributed by atoms with Gasteiger partial charge in [0.1, 0.15) is 28.5 Å². The molecule has 0 saturated carbocycles. The predicted molar refractivity (Wildman–Crippen MR) is 119 cm³/mol. The molecule has 4 heteroatoms. The van der Waals surface area contributed by atoms with Crippen LogP contribution in [0.2, 0.25) is 0 Å². The summed E-state index contributed by atoms with van der Waals surface area (Å²) in [5.41, 5.74) is 4.64. The lowest BCUT2D eigenvalue weighted by molar-refractivity contribution is 0.574. The number of furan rings is 2. The summed E-state index contributed by atoms with van der Waals surface area (Å²) in [4.78, 5) is 8.09. The Kier molecular flexibility index (Phi) is 3.81. The number of aromatic amines is 1. The van der Waals surface area contributed by atoms with Gasteiger partial charge in [-0.1, -0.05) is 54.6 Å². The third kappa shape index (κ3) is 2.90. The molecule has 6 rings (SSSR count). The van der Waals surface area contributed by atoms with E-state index < -0.39 is 0 Å². The first-order valence-electron chi connectivity index (χ1n) is 9.95. The van der Waals surface area contributed by atoms with Crippen molar-refractivity contribution in [2.24, 2.45) is 0 Å². The van der Waals surface area contributed by atoms with Crippen molar-refractivity contribution in [2.45, 2.75) is 6.42 Å². The van der Waals surface area contributed by atoms with Crippen molar-refractivity contribution < 1.29 is 8.83 Å². The fraction of sp³-hybridized carbons (Fsp3) is 0.0385. The van der Waals surface area contributed by atoms with E-state index in [1.54, 1.807) is 0 Å². The molecular formula is C26H18N2O2. The van der Waals surface area contributed by atoms with Crippen molar-refractivity contribution in [3.8, 4) is 0 Å². The van der Waals surface area contributed by atoms with Crippen molar-refractivity contribution in [3.05, 3.63) is 108 Å². The third-order valence-electron chi connectivity index (χ3n) is 5.32. The molecule has 1 N–H and O–H groups in total. The van der Waals surface area contributed by atoms with E-state index in [2.05, 4.69) is 35.3 Å². The van der Waals surface area contributed by atoms with Crippen LogP contribution in [-0.4, -0.2) is 9.97 Å². The van der Waals surface area contributed by atoms with E-state index >= 15 is 0 Å². The van der Waals surface area contributed by atoms with Gasteiger partial charge in [0.15, 0.2) is 0 Å². The molecular weight excluding hydrogens is 372 g/mol. The van der Waals surface area contributed by atoms with Crippen LogP contribution >= 0.6 is 0 Å². The van der Waals surface area contributed by atoms with Crippen LogP contribution < -0.4 is 0 Å². The number of para-hydroxylation sites is 4. The van der Waals surface area contributed by atoms with Gasteiger partial charge in [-0.15, -0.1) is 0 Å². The minimum atomic E-state index is 0.637. The summed E-state index contributed by atoms with van der Waals surface area (Å²) in [6.07, 6.45) is 2.76. The van der Waals surface area contributed by atoms with Gasteiger partial charge in [0.25, 0.3) is 0 Å². The molecule has 4 nitrogen and oxygen atoms in total. The number of benzene rings is 3. The predicted octanol–water partition coefficient (Wildman–Crippen LogP) is 6.73. The smallest absolute Gasteiger partial charge is 0.138 e. The lowest BCUT2D eigenvalue weighted by atomic mass is 10.1. The molecule has 0 aliphatic heterocycles. The first-order valence-corrected chi connectivity index (χ1v) is 9.95. The number of nitrogens with one attached hydrogen (secondary N) is 1. The molecule has 0 amide bonds. The molecule has 0 spiro atoms. The number of H-pyrrole nitrogens is 1. The molecule has 144 valence electrons. The Balaban J connectivity index is 1.47. The summed E-state index contributed by atoms with van der Waals surface area (Å²) in [7, 11) is 0. The van der Waals surface area contributed by atoms with Crippen molar-refractivity contribution in [3.63, 3.8) is 0 Å². The zero-order valence-corrected chi connectivity index (χ0v) is 16.1. The maximum absolute atomic E-state index is 6.17. The van der Waals surface area contributed by atoms with Gasteiger partial charge in [0.2, 0.25) is 0 Å². The molecule has 3 aromatic heterocycles. The lowest BCUT2D eigenvalue weighted by Gasteiger charge is -2.01. The molecule has 6 aromatic rings. The number of allylic oxidation sites excluding steroid dienone is 1. The van der Waals surface area contributed by atoms with Crippen molar-refractivity contribution in [1.82, 2.24) is 9.97 Å². The number of hydrogen-bond acceptors (Lipinski definition) is 3. The Morgan fingerprint density at radius 3 is 2.00 bits per heavy atom. The van der Waals surface area contributed by atoms with Gasteiger partial charge in [-0.25, -0.2) is 4.98 Å². The first kappa shape index (κ1) is 16.9. The monoisotopic (exact) mass is 390 g/mol. The number of aromatic nitrogens is 2. The normalized spacial score (nSPS) is 11.5. The maximum Gasteiger partial charge on any atom is 0.138 e. The van der Waals surface area contributed by atoms with Gasteiger partial charge >= 0.3 is 0 Å². The molecule has 0 radical (unpaired) electrons. The SMILES string of the molecule is C(Cc1nc2ccccc2[nH]1)=C(c1cc2ccccc2o1)c1cc2ccccc2o1. The highest BCUT2D eigenvalue weighted by atomic mass is 16.4. The van der Waals surface area contributed by atoms with E-state index in [0.717, 1.165) is 55.9 Å². The molecule has 0 aliphatic rings. The van der Waals surface area contributed by atoms with Gasteiger partial charge in [0.05, 0.1) is 16.6 Å². The van der Waals surface area contributed by atoms with E-state index in [9.17, 15) is 0 Å².